The summed E-state index contributed by atoms with van der Waals surface area (Å²) in [5.74, 6) is 0. The van der Waals surface area contributed by atoms with Gasteiger partial charge < -0.3 is 10.3 Å². The van der Waals surface area contributed by atoms with E-state index in [4.69, 9.17) is 0 Å². The molecule has 0 radical (unpaired) electrons. The Bertz CT molecular complexity index is 1110. The fourth-order valence-electron chi connectivity index (χ4n) is 2.67. The molecule has 2 aromatic carbocycles. The summed E-state index contributed by atoms with van der Waals surface area (Å²) < 4.78 is 1.97. The number of benzene rings is 2. The van der Waals surface area contributed by atoms with Gasteiger partial charge in [-0.15, -0.1) is 0 Å². The van der Waals surface area contributed by atoms with Gasteiger partial charge in [-0.2, -0.15) is 0 Å². The van der Waals surface area contributed by atoms with Gasteiger partial charge in [-0.05, 0) is 41.8 Å². The first kappa shape index (κ1) is 14.1. The minimum absolute atomic E-state index is 0.0391. The molecule has 0 aliphatic heterocycles. The van der Waals surface area contributed by atoms with E-state index in [1.807, 2.05) is 31.2 Å². The Morgan fingerprint density at radius 1 is 1.17 bits per heavy atom. The second-order valence-electron chi connectivity index (χ2n) is 5.09. The van der Waals surface area contributed by atoms with Crippen molar-refractivity contribution in [3.8, 4) is 11.1 Å². The van der Waals surface area contributed by atoms with E-state index in [0.29, 0.717) is 11.5 Å². The van der Waals surface area contributed by atoms with Gasteiger partial charge in [0.1, 0.15) is 0 Å². The van der Waals surface area contributed by atoms with Crippen LogP contribution in [0.3, 0.4) is 0 Å². The number of amides is 1. The number of aromatic amines is 1. The SMILES string of the molecule is Cc1c(-c2ccc3nc(NC=O)sc3c2)ccc2sc(=O)[nH]c12. The molecule has 1 amide bonds. The molecular formula is C16H11N3O2S2. The highest BCUT2D eigenvalue weighted by Crippen LogP contribution is 2.33. The first-order valence-corrected chi connectivity index (χ1v) is 8.52. The number of aryl methyl sites for hydroxylation is 1. The van der Waals surface area contributed by atoms with Gasteiger partial charge in [0.15, 0.2) is 5.13 Å². The smallest absolute Gasteiger partial charge is 0.305 e. The molecule has 5 nitrogen and oxygen atoms in total. The maximum Gasteiger partial charge on any atom is 0.305 e. The summed E-state index contributed by atoms with van der Waals surface area (Å²) in [6, 6.07) is 10.0. The average molecular weight is 341 g/mol. The Balaban J connectivity index is 1.89. The molecular weight excluding hydrogens is 330 g/mol. The number of H-pyrrole nitrogens is 1. The van der Waals surface area contributed by atoms with Crippen molar-refractivity contribution in [1.29, 1.82) is 0 Å². The molecule has 2 aromatic heterocycles. The lowest BCUT2D eigenvalue weighted by molar-refractivity contribution is -0.105. The van der Waals surface area contributed by atoms with Crippen molar-refractivity contribution in [2.45, 2.75) is 6.92 Å². The summed E-state index contributed by atoms with van der Waals surface area (Å²) in [5, 5.41) is 3.17. The van der Waals surface area contributed by atoms with Gasteiger partial charge in [-0.25, -0.2) is 4.98 Å². The van der Waals surface area contributed by atoms with Crippen LogP contribution in [0.15, 0.2) is 35.1 Å². The van der Waals surface area contributed by atoms with Gasteiger partial charge in [0.05, 0.1) is 20.4 Å². The quantitative estimate of drug-likeness (QED) is 0.557. The standard InChI is InChI=1S/C16H11N3O2S2/c1-8-10(3-5-12-14(8)19-16(21)23-12)9-2-4-11-13(6-9)22-15(18-11)17-7-20/h2-7H,1H3,(H,19,21)(H,17,18,20). The number of nitrogens with zero attached hydrogens (tertiary/aromatic N) is 1. The van der Waals surface area contributed by atoms with E-state index in [9.17, 15) is 9.59 Å². The van der Waals surface area contributed by atoms with Gasteiger partial charge in [-0.1, -0.05) is 34.8 Å². The zero-order chi connectivity index (χ0) is 16.0. The minimum atomic E-state index is -0.0391. The largest absolute Gasteiger partial charge is 0.312 e. The fraction of sp³-hybridized carbons (Fsp3) is 0.0625. The summed E-state index contributed by atoms with van der Waals surface area (Å²) >= 11 is 2.66. The maximum absolute atomic E-state index is 11.5. The monoisotopic (exact) mass is 341 g/mol. The van der Waals surface area contributed by atoms with Crippen molar-refractivity contribution in [2.24, 2.45) is 0 Å². The lowest BCUT2D eigenvalue weighted by Gasteiger charge is -2.07. The Hall–Kier alpha value is -2.51. The minimum Gasteiger partial charge on any atom is -0.312 e. The van der Waals surface area contributed by atoms with E-state index in [1.54, 1.807) is 0 Å². The molecule has 0 unspecified atom stereocenters. The Morgan fingerprint density at radius 2 is 2.04 bits per heavy atom. The molecule has 0 saturated heterocycles. The molecule has 114 valence electrons. The molecule has 0 fully saturated rings. The average Bonchev–Trinajstić information content (AvgIpc) is 3.10. The summed E-state index contributed by atoms with van der Waals surface area (Å²) in [5.41, 5.74) is 4.93. The molecule has 2 N–H and O–H groups in total. The number of anilines is 1. The molecule has 0 bridgehead atoms. The molecule has 0 atom stereocenters. The number of thiazole rings is 2. The summed E-state index contributed by atoms with van der Waals surface area (Å²) in [7, 11) is 0. The Morgan fingerprint density at radius 3 is 2.87 bits per heavy atom. The summed E-state index contributed by atoms with van der Waals surface area (Å²) in [6.45, 7) is 2.01. The highest BCUT2D eigenvalue weighted by molar-refractivity contribution is 7.22. The van der Waals surface area contributed by atoms with Gasteiger partial charge in [0, 0.05) is 0 Å². The van der Waals surface area contributed by atoms with Crippen LogP contribution < -0.4 is 10.2 Å². The van der Waals surface area contributed by atoms with Gasteiger partial charge in [0.2, 0.25) is 6.41 Å². The number of aromatic nitrogens is 2. The third kappa shape index (κ3) is 2.34. The normalized spacial score (nSPS) is 11.2. The second-order valence-corrected chi connectivity index (χ2v) is 7.13. The van der Waals surface area contributed by atoms with Crippen molar-refractivity contribution in [3.05, 3.63) is 45.6 Å². The van der Waals surface area contributed by atoms with Crippen LogP contribution in [0, 0.1) is 6.92 Å². The van der Waals surface area contributed by atoms with Gasteiger partial charge >= 0.3 is 4.87 Å². The zero-order valence-corrected chi connectivity index (χ0v) is 13.7. The van der Waals surface area contributed by atoms with Crippen molar-refractivity contribution in [2.75, 3.05) is 5.32 Å². The molecule has 0 saturated carbocycles. The molecule has 0 spiro atoms. The van der Waals surface area contributed by atoms with Crippen LogP contribution in [0.5, 0.6) is 0 Å². The molecule has 7 heteroatoms. The lowest BCUT2D eigenvalue weighted by Crippen LogP contribution is -1.92. The Labute approximate surface area is 138 Å². The van der Waals surface area contributed by atoms with Crippen molar-refractivity contribution >= 4 is 54.6 Å². The van der Waals surface area contributed by atoms with E-state index in [-0.39, 0.29) is 4.87 Å². The first-order chi connectivity index (χ1) is 11.2. The molecule has 23 heavy (non-hydrogen) atoms. The van der Waals surface area contributed by atoms with Crippen molar-refractivity contribution < 1.29 is 4.79 Å². The molecule has 2 heterocycles. The van der Waals surface area contributed by atoms with Crippen LogP contribution in [0.2, 0.25) is 0 Å². The van der Waals surface area contributed by atoms with Crippen LogP contribution >= 0.6 is 22.7 Å². The van der Waals surface area contributed by atoms with E-state index in [1.165, 1.54) is 22.7 Å². The van der Waals surface area contributed by atoms with Crippen molar-refractivity contribution in [3.63, 3.8) is 0 Å². The number of carbonyl (C=O) groups is 1. The zero-order valence-electron chi connectivity index (χ0n) is 12.0. The number of rotatable bonds is 3. The summed E-state index contributed by atoms with van der Waals surface area (Å²) in [4.78, 5) is 29.3. The number of nitrogens with one attached hydrogen (secondary N) is 2. The van der Waals surface area contributed by atoms with Crippen LogP contribution in [0.1, 0.15) is 5.56 Å². The first-order valence-electron chi connectivity index (χ1n) is 6.89. The molecule has 4 rings (SSSR count). The predicted octanol–water partition coefficient (Wildman–Crippen LogP) is 3.74. The number of hydrogen-bond acceptors (Lipinski definition) is 5. The van der Waals surface area contributed by atoms with Crippen LogP contribution in [0.25, 0.3) is 31.6 Å². The third-order valence-corrected chi connectivity index (χ3v) is 5.54. The molecule has 0 aliphatic carbocycles. The van der Waals surface area contributed by atoms with Gasteiger partial charge in [-0.3, -0.25) is 9.59 Å². The topological polar surface area (TPSA) is 74.8 Å². The van der Waals surface area contributed by atoms with E-state index < -0.39 is 0 Å². The van der Waals surface area contributed by atoms with Crippen LogP contribution in [-0.4, -0.2) is 16.4 Å². The Kier molecular flexibility index (Phi) is 3.24. The third-order valence-electron chi connectivity index (χ3n) is 3.74. The van der Waals surface area contributed by atoms with Crippen molar-refractivity contribution in [1.82, 2.24) is 9.97 Å². The van der Waals surface area contributed by atoms with Gasteiger partial charge in [0.25, 0.3) is 0 Å². The number of fused-ring (bicyclic) bond motifs is 2. The summed E-state index contributed by atoms with van der Waals surface area (Å²) in [6.07, 6.45) is 0.629. The van der Waals surface area contributed by atoms with E-state index >= 15 is 0 Å². The number of carbonyl (C=O) groups excluding carboxylic acids is 1. The fourth-order valence-corrected chi connectivity index (χ4v) is 4.33. The molecule has 0 aliphatic rings. The van der Waals surface area contributed by atoms with E-state index in [2.05, 4.69) is 21.4 Å². The highest BCUT2D eigenvalue weighted by atomic mass is 32.1. The van der Waals surface area contributed by atoms with E-state index in [0.717, 1.165) is 37.1 Å². The maximum atomic E-state index is 11.5. The van der Waals surface area contributed by atoms with Crippen LogP contribution in [0.4, 0.5) is 5.13 Å². The van der Waals surface area contributed by atoms with Crippen LogP contribution in [-0.2, 0) is 4.79 Å². The highest BCUT2D eigenvalue weighted by Gasteiger charge is 2.11. The predicted molar refractivity (Wildman–Crippen MR) is 95.5 cm³/mol. The molecule has 4 aromatic rings. The lowest BCUT2D eigenvalue weighted by atomic mass is 10.00. The number of hydrogen-bond donors (Lipinski definition) is 2. The second kappa shape index (κ2) is 5.29.